The van der Waals surface area contributed by atoms with Crippen LogP contribution in [0.3, 0.4) is 0 Å². The maximum atomic E-state index is 13.0. The largest absolute Gasteiger partial charge is 0.496 e. The Kier molecular flexibility index (Phi) is 4.58. The molecule has 100 valence electrons. The van der Waals surface area contributed by atoms with Crippen LogP contribution in [0.15, 0.2) is 23.4 Å². The third kappa shape index (κ3) is 3.15. The molecule has 3 nitrogen and oxygen atoms in total. The number of oxime groups is 1. The molecule has 0 amide bonds. The summed E-state index contributed by atoms with van der Waals surface area (Å²) < 4.78 is 43.8. The van der Waals surface area contributed by atoms with E-state index in [1.807, 2.05) is 0 Å². The Morgan fingerprint density at radius 3 is 2.50 bits per heavy atom. The molecule has 0 N–H and O–H groups in total. The molecule has 0 aliphatic rings. The predicted molar refractivity (Wildman–Crippen MR) is 61.8 cm³/mol. The summed E-state index contributed by atoms with van der Waals surface area (Å²) in [6.07, 6.45) is -4.51. The van der Waals surface area contributed by atoms with Gasteiger partial charge in [-0.1, -0.05) is 17.3 Å². The molecule has 0 atom stereocenters. The number of methoxy groups -OCH3 is 1. The van der Waals surface area contributed by atoms with Crippen LogP contribution in [0.4, 0.5) is 13.2 Å². The van der Waals surface area contributed by atoms with E-state index >= 15 is 0 Å². The third-order valence-electron chi connectivity index (χ3n) is 2.25. The summed E-state index contributed by atoms with van der Waals surface area (Å²) in [7, 11) is 1.20. The maximum absolute atomic E-state index is 13.0. The normalized spacial score (nSPS) is 12.4. The topological polar surface area (TPSA) is 30.8 Å². The molecular formula is C12H14F3NO2. The molecule has 0 radical (unpaired) electrons. The Morgan fingerprint density at radius 2 is 2.00 bits per heavy atom. The van der Waals surface area contributed by atoms with Crippen molar-refractivity contribution in [2.24, 2.45) is 5.16 Å². The van der Waals surface area contributed by atoms with Gasteiger partial charge >= 0.3 is 6.18 Å². The van der Waals surface area contributed by atoms with Crippen molar-refractivity contribution in [3.8, 4) is 5.75 Å². The average Bonchev–Trinajstić information content (AvgIpc) is 2.33. The summed E-state index contributed by atoms with van der Waals surface area (Å²) >= 11 is 0. The lowest BCUT2D eigenvalue weighted by Crippen LogP contribution is -2.14. The smallest absolute Gasteiger partial charge is 0.420 e. The molecule has 0 fully saturated rings. The van der Waals surface area contributed by atoms with Gasteiger partial charge in [0.1, 0.15) is 17.9 Å². The van der Waals surface area contributed by atoms with Crippen molar-refractivity contribution < 1.29 is 22.7 Å². The standard InChI is InChI=1S/C12H14F3NO2/c1-4-18-16-8(2)9-6-5-7-10(17-3)11(9)12(13,14)15/h5-7H,4H2,1-3H3. The Hall–Kier alpha value is -1.72. The summed E-state index contributed by atoms with van der Waals surface area (Å²) in [5.74, 6) is -0.231. The van der Waals surface area contributed by atoms with Crippen LogP contribution in [0.5, 0.6) is 5.75 Å². The first-order valence-electron chi connectivity index (χ1n) is 5.33. The van der Waals surface area contributed by atoms with E-state index in [2.05, 4.69) is 5.16 Å². The van der Waals surface area contributed by atoms with Gasteiger partial charge in [-0.15, -0.1) is 0 Å². The van der Waals surface area contributed by atoms with Crippen LogP contribution in [0.25, 0.3) is 0 Å². The van der Waals surface area contributed by atoms with Crippen LogP contribution in [0, 0.1) is 0 Å². The number of hydrogen-bond acceptors (Lipinski definition) is 3. The fraction of sp³-hybridized carbons (Fsp3) is 0.417. The molecule has 1 rings (SSSR count). The van der Waals surface area contributed by atoms with Crippen molar-refractivity contribution in [3.63, 3.8) is 0 Å². The lowest BCUT2D eigenvalue weighted by atomic mass is 10.0. The second-order valence-corrected chi connectivity index (χ2v) is 3.48. The number of rotatable bonds is 4. The Labute approximate surface area is 103 Å². The second kappa shape index (κ2) is 5.75. The zero-order chi connectivity index (χ0) is 13.8. The average molecular weight is 261 g/mol. The molecule has 0 unspecified atom stereocenters. The van der Waals surface area contributed by atoms with Crippen LogP contribution >= 0.6 is 0 Å². The van der Waals surface area contributed by atoms with Crippen molar-refractivity contribution in [1.29, 1.82) is 0 Å². The predicted octanol–water partition coefficient (Wildman–Crippen LogP) is 3.47. The third-order valence-corrected chi connectivity index (χ3v) is 2.25. The Bertz CT molecular complexity index is 441. The molecule has 0 heterocycles. The highest BCUT2D eigenvalue weighted by Crippen LogP contribution is 2.38. The zero-order valence-corrected chi connectivity index (χ0v) is 10.3. The number of ether oxygens (including phenoxy) is 1. The van der Waals surface area contributed by atoms with E-state index in [9.17, 15) is 13.2 Å². The summed E-state index contributed by atoms with van der Waals surface area (Å²) in [6, 6.07) is 4.08. The molecule has 1 aromatic carbocycles. The van der Waals surface area contributed by atoms with Gasteiger partial charge in [0.2, 0.25) is 0 Å². The number of nitrogens with zero attached hydrogens (tertiary/aromatic N) is 1. The number of alkyl halides is 3. The fourth-order valence-electron chi connectivity index (χ4n) is 1.51. The van der Waals surface area contributed by atoms with Crippen LogP contribution in [-0.4, -0.2) is 19.4 Å². The SMILES string of the molecule is CCON=C(C)c1cccc(OC)c1C(F)(F)F. The fourth-order valence-corrected chi connectivity index (χ4v) is 1.51. The van der Waals surface area contributed by atoms with Gasteiger partial charge < -0.3 is 9.57 Å². The van der Waals surface area contributed by atoms with Crippen molar-refractivity contribution in [2.75, 3.05) is 13.7 Å². The second-order valence-electron chi connectivity index (χ2n) is 3.48. The van der Waals surface area contributed by atoms with E-state index < -0.39 is 11.7 Å². The van der Waals surface area contributed by atoms with Gasteiger partial charge in [-0.2, -0.15) is 13.2 Å². The molecule has 0 bridgehead atoms. The molecule has 0 aliphatic heterocycles. The molecule has 1 aromatic rings. The van der Waals surface area contributed by atoms with Crippen LogP contribution in [0.1, 0.15) is 25.0 Å². The van der Waals surface area contributed by atoms with Gasteiger partial charge in [-0.25, -0.2) is 0 Å². The first-order valence-corrected chi connectivity index (χ1v) is 5.33. The highest BCUT2D eigenvalue weighted by atomic mass is 19.4. The molecule has 18 heavy (non-hydrogen) atoms. The number of halogens is 3. The zero-order valence-electron chi connectivity index (χ0n) is 10.3. The van der Waals surface area contributed by atoms with Gasteiger partial charge in [-0.3, -0.25) is 0 Å². The summed E-state index contributed by atoms with van der Waals surface area (Å²) in [6.45, 7) is 3.45. The van der Waals surface area contributed by atoms with Crippen molar-refractivity contribution in [3.05, 3.63) is 29.3 Å². The van der Waals surface area contributed by atoms with Gasteiger partial charge in [0.25, 0.3) is 0 Å². The minimum Gasteiger partial charge on any atom is -0.496 e. The molecule has 6 heteroatoms. The molecule has 0 aliphatic carbocycles. The monoisotopic (exact) mass is 261 g/mol. The molecule has 0 spiro atoms. The Balaban J connectivity index is 3.35. The molecule has 0 saturated carbocycles. The quantitative estimate of drug-likeness (QED) is 0.613. The van der Waals surface area contributed by atoms with E-state index in [4.69, 9.17) is 9.57 Å². The lowest BCUT2D eigenvalue weighted by molar-refractivity contribution is -0.138. The van der Waals surface area contributed by atoms with Gasteiger partial charge in [0.05, 0.1) is 12.8 Å². The first-order chi connectivity index (χ1) is 8.41. The number of hydrogen-bond donors (Lipinski definition) is 0. The van der Waals surface area contributed by atoms with E-state index in [1.165, 1.54) is 32.2 Å². The van der Waals surface area contributed by atoms with Crippen LogP contribution < -0.4 is 4.74 Å². The van der Waals surface area contributed by atoms with E-state index in [1.54, 1.807) is 6.92 Å². The van der Waals surface area contributed by atoms with Crippen molar-refractivity contribution in [1.82, 2.24) is 0 Å². The maximum Gasteiger partial charge on any atom is 0.420 e. The highest BCUT2D eigenvalue weighted by Gasteiger charge is 2.37. The lowest BCUT2D eigenvalue weighted by Gasteiger charge is -2.16. The van der Waals surface area contributed by atoms with Gasteiger partial charge in [0.15, 0.2) is 0 Å². The first kappa shape index (κ1) is 14.3. The number of benzene rings is 1. The van der Waals surface area contributed by atoms with Gasteiger partial charge in [0, 0.05) is 5.56 Å². The highest BCUT2D eigenvalue weighted by molar-refractivity contribution is 6.00. The van der Waals surface area contributed by atoms with Crippen LogP contribution in [0.2, 0.25) is 0 Å². The van der Waals surface area contributed by atoms with E-state index in [0.717, 1.165) is 0 Å². The van der Waals surface area contributed by atoms with Gasteiger partial charge in [-0.05, 0) is 19.9 Å². The Morgan fingerprint density at radius 1 is 1.33 bits per heavy atom. The van der Waals surface area contributed by atoms with Crippen LogP contribution in [-0.2, 0) is 11.0 Å². The molecule has 0 aromatic heterocycles. The summed E-state index contributed by atoms with van der Waals surface area (Å²) in [5.41, 5.74) is -0.730. The molecule has 0 saturated heterocycles. The van der Waals surface area contributed by atoms with Crippen molar-refractivity contribution in [2.45, 2.75) is 20.0 Å². The summed E-state index contributed by atoms with van der Waals surface area (Å²) in [4.78, 5) is 4.77. The van der Waals surface area contributed by atoms with E-state index in [-0.39, 0.29) is 17.0 Å². The summed E-state index contributed by atoms with van der Waals surface area (Å²) in [5, 5.41) is 3.62. The van der Waals surface area contributed by atoms with E-state index in [0.29, 0.717) is 6.61 Å². The minimum absolute atomic E-state index is 0.0460. The minimum atomic E-state index is -4.51. The van der Waals surface area contributed by atoms with Crippen molar-refractivity contribution >= 4 is 5.71 Å². The molecular weight excluding hydrogens is 247 g/mol.